The maximum Gasteiger partial charge on any atom is 0.277 e. The minimum atomic E-state index is -0.457. The third kappa shape index (κ3) is 5.09. The molecule has 0 saturated heterocycles. The van der Waals surface area contributed by atoms with E-state index in [1.165, 1.54) is 17.8 Å². The van der Waals surface area contributed by atoms with Crippen molar-refractivity contribution in [3.63, 3.8) is 0 Å². The average molecular weight is 400 g/mol. The molecule has 0 unspecified atom stereocenters. The summed E-state index contributed by atoms with van der Waals surface area (Å²) in [6.07, 6.45) is 0. The molecule has 0 fully saturated rings. The average Bonchev–Trinajstić information content (AvgIpc) is 3.15. The van der Waals surface area contributed by atoms with Crippen LogP contribution in [0, 0.1) is 17.1 Å². The quantitative estimate of drug-likeness (QED) is 0.594. The van der Waals surface area contributed by atoms with Crippen LogP contribution in [-0.2, 0) is 4.79 Å². The van der Waals surface area contributed by atoms with Crippen molar-refractivity contribution in [3.05, 3.63) is 54.3 Å². The lowest BCUT2D eigenvalue weighted by Crippen LogP contribution is -2.14. The van der Waals surface area contributed by atoms with E-state index in [2.05, 4.69) is 21.6 Å². The Labute approximate surface area is 163 Å². The Balaban J connectivity index is 1.59. The number of rotatable bonds is 7. The van der Waals surface area contributed by atoms with E-state index in [0.29, 0.717) is 11.4 Å². The van der Waals surface area contributed by atoms with Crippen molar-refractivity contribution in [1.82, 2.24) is 10.2 Å². The van der Waals surface area contributed by atoms with Crippen molar-refractivity contribution in [3.8, 4) is 17.5 Å². The molecule has 9 heteroatoms. The zero-order valence-electron chi connectivity index (χ0n) is 13.9. The molecular weight excluding hydrogens is 387 g/mol. The molecule has 27 heavy (non-hydrogen) atoms. The summed E-state index contributed by atoms with van der Waals surface area (Å²) >= 11 is 2.41. The van der Waals surface area contributed by atoms with Gasteiger partial charge in [-0.3, -0.25) is 4.79 Å². The standard InChI is InChI=1S/C18H13FN4O2S2/c19-13-6-2-1-5-12(13)17-22-23-18(25-17)27-11-16(24)21-14-7-3-4-8-15(14)26-10-9-20/h1-8H,10-11H2,(H,21,24). The van der Waals surface area contributed by atoms with E-state index in [1.54, 1.807) is 30.3 Å². The van der Waals surface area contributed by atoms with E-state index in [1.807, 2.05) is 12.1 Å². The van der Waals surface area contributed by atoms with Gasteiger partial charge in [-0.15, -0.1) is 22.0 Å². The predicted octanol–water partition coefficient (Wildman–Crippen LogP) is 4.22. The van der Waals surface area contributed by atoms with Crippen LogP contribution >= 0.6 is 23.5 Å². The van der Waals surface area contributed by atoms with E-state index in [9.17, 15) is 9.18 Å². The van der Waals surface area contributed by atoms with Crippen LogP contribution in [0.25, 0.3) is 11.5 Å². The second-order valence-electron chi connectivity index (χ2n) is 5.13. The molecule has 0 bridgehead atoms. The molecule has 0 radical (unpaired) electrons. The molecule has 0 aliphatic heterocycles. The molecule has 1 heterocycles. The minimum absolute atomic E-state index is 0.0517. The van der Waals surface area contributed by atoms with E-state index in [-0.39, 0.29) is 28.3 Å². The van der Waals surface area contributed by atoms with Crippen LogP contribution in [0.5, 0.6) is 0 Å². The number of hydrogen-bond donors (Lipinski definition) is 1. The first-order valence-corrected chi connectivity index (χ1v) is 9.74. The van der Waals surface area contributed by atoms with Gasteiger partial charge in [-0.25, -0.2) is 4.39 Å². The fraction of sp³-hybridized carbons (Fsp3) is 0.111. The smallest absolute Gasteiger partial charge is 0.277 e. The van der Waals surface area contributed by atoms with Crippen LogP contribution in [-0.4, -0.2) is 27.6 Å². The van der Waals surface area contributed by atoms with Gasteiger partial charge in [-0.05, 0) is 24.3 Å². The Kier molecular flexibility index (Phi) is 6.46. The number of amides is 1. The molecule has 0 atom stereocenters. The van der Waals surface area contributed by atoms with Crippen LogP contribution in [0.4, 0.5) is 10.1 Å². The summed E-state index contributed by atoms with van der Waals surface area (Å²) in [5.41, 5.74) is 0.852. The number of nitrogens with zero attached hydrogens (tertiary/aromatic N) is 3. The van der Waals surface area contributed by atoms with Gasteiger partial charge in [-0.2, -0.15) is 5.26 Å². The number of aromatic nitrogens is 2. The molecule has 1 aromatic heterocycles. The Bertz CT molecular complexity index is 987. The monoisotopic (exact) mass is 400 g/mol. The zero-order chi connectivity index (χ0) is 19.1. The van der Waals surface area contributed by atoms with Crippen LogP contribution in [0.15, 0.2) is 63.1 Å². The summed E-state index contributed by atoms with van der Waals surface area (Å²) in [7, 11) is 0. The summed E-state index contributed by atoms with van der Waals surface area (Å²) in [4.78, 5) is 13.0. The first-order chi connectivity index (χ1) is 13.2. The van der Waals surface area contributed by atoms with Crippen LogP contribution in [0.1, 0.15) is 0 Å². The number of benzene rings is 2. The van der Waals surface area contributed by atoms with Crippen molar-refractivity contribution in [1.29, 1.82) is 5.26 Å². The Morgan fingerprint density at radius 2 is 1.93 bits per heavy atom. The third-order valence-electron chi connectivity index (χ3n) is 3.29. The number of nitriles is 1. The first kappa shape index (κ1) is 18.9. The van der Waals surface area contributed by atoms with E-state index < -0.39 is 5.82 Å². The lowest BCUT2D eigenvalue weighted by Gasteiger charge is -2.08. The van der Waals surface area contributed by atoms with Gasteiger partial charge in [0.2, 0.25) is 5.91 Å². The lowest BCUT2D eigenvalue weighted by atomic mass is 10.2. The molecule has 6 nitrogen and oxygen atoms in total. The van der Waals surface area contributed by atoms with Gasteiger partial charge in [0.15, 0.2) is 0 Å². The topological polar surface area (TPSA) is 91.8 Å². The van der Waals surface area contributed by atoms with Crippen molar-refractivity contribution >= 4 is 35.1 Å². The number of thioether (sulfide) groups is 2. The summed E-state index contributed by atoms with van der Waals surface area (Å²) in [5.74, 6) is -0.301. The Morgan fingerprint density at radius 3 is 2.74 bits per heavy atom. The normalized spacial score (nSPS) is 10.4. The van der Waals surface area contributed by atoms with Crippen LogP contribution in [0.3, 0.4) is 0 Å². The molecule has 0 saturated carbocycles. The molecule has 0 aliphatic rings. The second kappa shape index (κ2) is 9.21. The van der Waals surface area contributed by atoms with E-state index in [0.717, 1.165) is 16.7 Å². The van der Waals surface area contributed by atoms with Crippen molar-refractivity contribution in [2.24, 2.45) is 0 Å². The van der Waals surface area contributed by atoms with Gasteiger partial charge in [0.25, 0.3) is 11.1 Å². The number of carbonyl (C=O) groups excluding carboxylic acids is 1. The highest BCUT2D eigenvalue weighted by Crippen LogP contribution is 2.28. The summed E-state index contributed by atoms with van der Waals surface area (Å²) < 4.78 is 19.2. The molecule has 0 spiro atoms. The van der Waals surface area contributed by atoms with Gasteiger partial charge in [0.05, 0.1) is 28.8 Å². The van der Waals surface area contributed by atoms with Gasteiger partial charge < -0.3 is 9.73 Å². The highest BCUT2D eigenvalue weighted by Gasteiger charge is 2.14. The molecule has 136 valence electrons. The van der Waals surface area contributed by atoms with Gasteiger partial charge in [0.1, 0.15) is 5.82 Å². The van der Waals surface area contributed by atoms with Crippen molar-refractivity contribution in [2.45, 2.75) is 10.1 Å². The van der Waals surface area contributed by atoms with Crippen LogP contribution < -0.4 is 5.32 Å². The SMILES string of the molecule is N#CCSc1ccccc1NC(=O)CSc1nnc(-c2ccccc2F)o1. The molecule has 1 amide bonds. The van der Waals surface area contributed by atoms with Crippen molar-refractivity contribution in [2.75, 3.05) is 16.8 Å². The van der Waals surface area contributed by atoms with Gasteiger partial charge in [0, 0.05) is 4.90 Å². The number of halogens is 1. The molecule has 3 aromatic rings. The summed E-state index contributed by atoms with van der Waals surface area (Å²) in [5, 5.41) is 19.3. The van der Waals surface area contributed by atoms with Crippen molar-refractivity contribution < 1.29 is 13.6 Å². The van der Waals surface area contributed by atoms with E-state index >= 15 is 0 Å². The number of hydrogen-bond acceptors (Lipinski definition) is 7. The minimum Gasteiger partial charge on any atom is -0.411 e. The predicted molar refractivity (Wildman–Crippen MR) is 102 cm³/mol. The molecule has 3 rings (SSSR count). The Hall–Kier alpha value is -2.83. The number of para-hydroxylation sites is 1. The molecule has 2 aromatic carbocycles. The highest BCUT2D eigenvalue weighted by molar-refractivity contribution is 8.00. The fourth-order valence-electron chi connectivity index (χ4n) is 2.13. The lowest BCUT2D eigenvalue weighted by molar-refractivity contribution is -0.113. The van der Waals surface area contributed by atoms with Gasteiger partial charge >= 0.3 is 0 Å². The molecule has 1 N–H and O–H groups in total. The third-order valence-corrected chi connectivity index (χ3v) is 5.05. The Morgan fingerprint density at radius 1 is 1.15 bits per heavy atom. The fourth-order valence-corrected chi connectivity index (χ4v) is 3.36. The number of nitrogens with one attached hydrogen (secondary N) is 1. The summed E-state index contributed by atoms with van der Waals surface area (Å²) in [6, 6.07) is 15.4. The number of carbonyl (C=O) groups is 1. The maximum atomic E-state index is 13.7. The highest BCUT2D eigenvalue weighted by atomic mass is 32.2. The maximum absolute atomic E-state index is 13.7. The van der Waals surface area contributed by atoms with E-state index in [4.69, 9.17) is 9.68 Å². The molecular formula is C18H13FN4O2S2. The summed E-state index contributed by atoms with van der Waals surface area (Å²) in [6.45, 7) is 0. The second-order valence-corrected chi connectivity index (χ2v) is 7.08. The zero-order valence-corrected chi connectivity index (χ0v) is 15.5. The van der Waals surface area contributed by atoms with Gasteiger partial charge in [-0.1, -0.05) is 36.0 Å². The molecule has 0 aliphatic carbocycles. The number of anilines is 1. The largest absolute Gasteiger partial charge is 0.411 e. The van der Waals surface area contributed by atoms with Crippen LogP contribution in [0.2, 0.25) is 0 Å². The first-order valence-electron chi connectivity index (χ1n) is 7.77.